The first-order chi connectivity index (χ1) is 7.81. The molecule has 0 amide bonds. The highest BCUT2D eigenvalue weighted by atomic mass is 16.3. The minimum absolute atomic E-state index is 0.0248. The number of hydrogen-bond acceptors (Lipinski definition) is 1. The Hall–Kier alpha value is -0.0400. The summed E-state index contributed by atoms with van der Waals surface area (Å²) in [5, 5.41) is 9.76. The molecule has 0 aliphatic heterocycles. The predicted octanol–water partition coefficient (Wildman–Crippen LogP) is 5.07. The van der Waals surface area contributed by atoms with Gasteiger partial charge in [0.25, 0.3) is 0 Å². The van der Waals surface area contributed by atoms with Crippen molar-refractivity contribution in [3.05, 3.63) is 0 Å². The molecule has 0 bridgehead atoms. The maximum absolute atomic E-state index is 9.76. The summed E-state index contributed by atoms with van der Waals surface area (Å²) in [6.45, 7) is 4.48. The average Bonchev–Trinajstić information content (AvgIpc) is 2.28. The van der Waals surface area contributed by atoms with Gasteiger partial charge in [-0.25, -0.2) is 0 Å². The van der Waals surface area contributed by atoms with Gasteiger partial charge in [0.1, 0.15) is 0 Å². The van der Waals surface area contributed by atoms with E-state index in [2.05, 4.69) is 13.8 Å². The van der Waals surface area contributed by atoms with E-state index >= 15 is 0 Å². The van der Waals surface area contributed by atoms with E-state index in [1.54, 1.807) is 0 Å². The SMILES string of the molecule is CCCCCCCC(O)CCCCCCC. The van der Waals surface area contributed by atoms with Crippen LogP contribution in [0, 0.1) is 0 Å². The van der Waals surface area contributed by atoms with Gasteiger partial charge in [-0.3, -0.25) is 0 Å². The molecule has 0 fully saturated rings. The molecule has 0 aromatic rings. The molecule has 1 N–H and O–H groups in total. The lowest BCUT2D eigenvalue weighted by atomic mass is 10.0. The number of aliphatic hydroxyl groups is 1. The highest BCUT2D eigenvalue weighted by molar-refractivity contribution is 4.57. The number of aliphatic hydroxyl groups excluding tert-OH is 1. The molecule has 1 heteroatoms. The highest BCUT2D eigenvalue weighted by Crippen LogP contribution is 2.13. The Labute approximate surface area is 103 Å². The minimum Gasteiger partial charge on any atom is -0.393 e. The number of unbranched alkanes of at least 4 members (excludes halogenated alkanes) is 8. The van der Waals surface area contributed by atoms with Crippen LogP contribution >= 0.6 is 0 Å². The van der Waals surface area contributed by atoms with E-state index in [0.717, 1.165) is 12.8 Å². The number of rotatable bonds is 12. The van der Waals surface area contributed by atoms with Crippen molar-refractivity contribution in [2.75, 3.05) is 0 Å². The third-order valence-electron chi connectivity index (χ3n) is 3.28. The fourth-order valence-electron chi connectivity index (χ4n) is 2.11. The van der Waals surface area contributed by atoms with Gasteiger partial charge in [-0.2, -0.15) is 0 Å². The van der Waals surface area contributed by atoms with E-state index in [4.69, 9.17) is 0 Å². The standard InChI is InChI=1S/C15H32O/c1-3-5-7-9-11-13-15(16)14-12-10-8-6-4-2/h15-16H,3-14H2,1-2H3. The summed E-state index contributed by atoms with van der Waals surface area (Å²) in [5.41, 5.74) is 0. The van der Waals surface area contributed by atoms with E-state index in [-0.39, 0.29) is 6.10 Å². The molecule has 0 aromatic heterocycles. The topological polar surface area (TPSA) is 20.2 Å². The first-order valence-corrected chi connectivity index (χ1v) is 7.49. The molecule has 0 saturated carbocycles. The fraction of sp³-hybridized carbons (Fsp3) is 1.00. The average molecular weight is 228 g/mol. The zero-order valence-electron chi connectivity index (χ0n) is 11.5. The van der Waals surface area contributed by atoms with Gasteiger partial charge >= 0.3 is 0 Å². The van der Waals surface area contributed by atoms with Crippen LogP contribution in [0.2, 0.25) is 0 Å². The van der Waals surface area contributed by atoms with Crippen LogP contribution in [0.15, 0.2) is 0 Å². The van der Waals surface area contributed by atoms with Crippen molar-refractivity contribution in [1.82, 2.24) is 0 Å². The second-order valence-corrected chi connectivity index (χ2v) is 5.06. The Morgan fingerprint density at radius 3 is 1.38 bits per heavy atom. The van der Waals surface area contributed by atoms with Crippen molar-refractivity contribution < 1.29 is 5.11 Å². The quantitative estimate of drug-likeness (QED) is 0.462. The van der Waals surface area contributed by atoms with Crippen molar-refractivity contribution >= 4 is 0 Å². The maximum Gasteiger partial charge on any atom is 0.0540 e. The third kappa shape index (κ3) is 12.0. The molecule has 0 unspecified atom stereocenters. The van der Waals surface area contributed by atoms with Gasteiger partial charge in [0.05, 0.1) is 6.10 Å². The summed E-state index contributed by atoms with van der Waals surface area (Å²) in [6.07, 6.45) is 15.1. The van der Waals surface area contributed by atoms with Crippen molar-refractivity contribution in [1.29, 1.82) is 0 Å². The van der Waals surface area contributed by atoms with Crippen molar-refractivity contribution in [3.63, 3.8) is 0 Å². The van der Waals surface area contributed by atoms with E-state index in [9.17, 15) is 5.11 Å². The molecule has 0 aromatic carbocycles. The molecule has 16 heavy (non-hydrogen) atoms. The predicted molar refractivity (Wildman–Crippen MR) is 72.8 cm³/mol. The van der Waals surface area contributed by atoms with Gasteiger partial charge < -0.3 is 5.11 Å². The van der Waals surface area contributed by atoms with Crippen LogP contribution in [-0.2, 0) is 0 Å². The second kappa shape index (κ2) is 13.0. The van der Waals surface area contributed by atoms with Crippen LogP contribution in [0.25, 0.3) is 0 Å². The first-order valence-electron chi connectivity index (χ1n) is 7.49. The summed E-state index contributed by atoms with van der Waals surface area (Å²) in [7, 11) is 0. The van der Waals surface area contributed by atoms with Gasteiger partial charge in [-0.15, -0.1) is 0 Å². The van der Waals surface area contributed by atoms with Gasteiger partial charge in [0.15, 0.2) is 0 Å². The van der Waals surface area contributed by atoms with Crippen LogP contribution in [0.5, 0.6) is 0 Å². The largest absolute Gasteiger partial charge is 0.393 e. The Morgan fingerprint density at radius 2 is 1.00 bits per heavy atom. The second-order valence-electron chi connectivity index (χ2n) is 5.06. The lowest BCUT2D eigenvalue weighted by Gasteiger charge is -2.09. The van der Waals surface area contributed by atoms with Crippen molar-refractivity contribution in [3.8, 4) is 0 Å². The van der Waals surface area contributed by atoms with Crippen LogP contribution in [0.4, 0.5) is 0 Å². The molecule has 1 nitrogen and oxygen atoms in total. The molecular weight excluding hydrogens is 196 g/mol. The maximum atomic E-state index is 9.76. The Kier molecular flexibility index (Phi) is 13.0. The van der Waals surface area contributed by atoms with E-state index in [0.29, 0.717) is 0 Å². The smallest absolute Gasteiger partial charge is 0.0540 e. The lowest BCUT2D eigenvalue weighted by Crippen LogP contribution is -2.05. The van der Waals surface area contributed by atoms with Gasteiger partial charge in [0, 0.05) is 0 Å². The summed E-state index contributed by atoms with van der Waals surface area (Å²) in [5.74, 6) is 0. The lowest BCUT2D eigenvalue weighted by molar-refractivity contribution is 0.147. The van der Waals surface area contributed by atoms with E-state index < -0.39 is 0 Å². The molecule has 98 valence electrons. The Morgan fingerprint density at radius 1 is 0.625 bits per heavy atom. The fourth-order valence-corrected chi connectivity index (χ4v) is 2.11. The van der Waals surface area contributed by atoms with Crippen molar-refractivity contribution in [2.24, 2.45) is 0 Å². The summed E-state index contributed by atoms with van der Waals surface area (Å²) in [6, 6.07) is 0. The Bertz CT molecular complexity index is 109. The van der Waals surface area contributed by atoms with Gasteiger partial charge in [-0.05, 0) is 12.8 Å². The van der Waals surface area contributed by atoms with E-state index in [1.807, 2.05) is 0 Å². The van der Waals surface area contributed by atoms with Crippen LogP contribution < -0.4 is 0 Å². The molecule has 0 saturated heterocycles. The third-order valence-corrected chi connectivity index (χ3v) is 3.28. The molecule has 0 aliphatic carbocycles. The molecular formula is C15H32O. The van der Waals surface area contributed by atoms with Crippen LogP contribution in [-0.4, -0.2) is 11.2 Å². The zero-order valence-corrected chi connectivity index (χ0v) is 11.5. The first kappa shape index (κ1) is 16.0. The normalized spacial score (nSPS) is 11.2. The monoisotopic (exact) mass is 228 g/mol. The minimum atomic E-state index is -0.0248. The van der Waals surface area contributed by atoms with Gasteiger partial charge in [-0.1, -0.05) is 78.1 Å². The highest BCUT2D eigenvalue weighted by Gasteiger charge is 2.03. The molecule has 0 spiro atoms. The van der Waals surface area contributed by atoms with E-state index in [1.165, 1.54) is 64.2 Å². The zero-order chi connectivity index (χ0) is 12.1. The molecule has 0 rings (SSSR count). The molecule has 0 radical (unpaired) electrons. The molecule has 0 aliphatic rings. The Balaban J connectivity index is 3.09. The summed E-state index contributed by atoms with van der Waals surface area (Å²) < 4.78 is 0. The van der Waals surface area contributed by atoms with Gasteiger partial charge in [0.2, 0.25) is 0 Å². The number of hydrogen-bond donors (Lipinski definition) is 1. The van der Waals surface area contributed by atoms with Crippen LogP contribution in [0.1, 0.15) is 90.9 Å². The molecule has 0 atom stereocenters. The summed E-state index contributed by atoms with van der Waals surface area (Å²) >= 11 is 0. The van der Waals surface area contributed by atoms with Crippen LogP contribution in [0.3, 0.4) is 0 Å². The summed E-state index contributed by atoms with van der Waals surface area (Å²) in [4.78, 5) is 0. The molecule has 0 heterocycles. The van der Waals surface area contributed by atoms with Crippen molar-refractivity contribution in [2.45, 2.75) is 97.0 Å².